The minimum Gasteiger partial charge on any atom is -0.380 e. The van der Waals surface area contributed by atoms with Gasteiger partial charge in [0.2, 0.25) is 5.91 Å². The lowest BCUT2D eigenvalue weighted by Gasteiger charge is -2.07. The number of likely N-dealkylation sites (N-methyl/N-ethyl adjacent to an activating group) is 1. The van der Waals surface area contributed by atoms with E-state index >= 15 is 0 Å². The Bertz CT molecular complexity index is 571. The molecule has 0 aliphatic heterocycles. The third kappa shape index (κ3) is 4.22. The molecule has 1 aromatic heterocycles. The van der Waals surface area contributed by atoms with Gasteiger partial charge < -0.3 is 10.6 Å². The Morgan fingerprint density at radius 1 is 1.47 bits per heavy atom. The molecule has 0 radical (unpaired) electrons. The zero-order chi connectivity index (χ0) is 13.7. The maximum absolute atomic E-state index is 11.3. The second kappa shape index (κ2) is 6.54. The minimum atomic E-state index is 0.00592. The average Bonchev–Trinajstić information content (AvgIpc) is 2.82. The van der Waals surface area contributed by atoms with Gasteiger partial charge in [0.15, 0.2) is 4.47 Å². The van der Waals surface area contributed by atoms with Crippen molar-refractivity contribution in [3.8, 4) is 0 Å². The zero-order valence-electron chi connectivity index (χ0n) is 10.4. The Kier molecular flexibility index (Phi) is 4.76. The summed E-state index contributed by atoms with van der Waals surface area (Å²) in [5, 5.41) is 5.90. The van der Waals surface area contributed by atoms with Crippen LogP contribution in [0, 0.1) is 0 Å². The third-order valence-electron chi connectivity index (χ3n) is 2.56. The molecule has 2 aromatic rings. The summed E-state index contributed by atoms with van der Waals surface area (Å²) in [6.45, 7) is 0.674. The summed E-state index contributed by atoms with van der Waals surface area (Å²) in [4.78, 5) is 16.4. The molecule has 1 aromatic carbocycles. The molecule has 4 nitrogen and oxygen atoms in total. The fraction of sp³-hybridized carbons (Fsp3) is 0.231. The summed E-state index contributed by atoms with van der Waals surface area (Å²) in [7, 11) is 1.64. The van der Waals surface area contributed by atoms with E-state index in [9.17, 15) is 4.79 Å². The average molecular weight is 296 g/mol. The van der Waals surface area contributed by atoms with Gasteiger partial charge in [-0.15, -0.1) is 11.3 Å². The van der Waals surface area contributed by atoms with Crippen molar-refractivity contribution in [2.75, 3.05) is 12.4 Å². The van der Waals surface area contributed by atoms with Gasteiger partial charge in [0.1, 0.15) is 0 Å². The first-order valence-corrected chi connectivity index (χ1v) is 7.00. The third-order valence-corrected chi connectivity index (χ3v) is 3.68. The number of aromatic nitrogens is 1. The smallest absolute Gasteiger partial charge is 0.224 e. The number of nitrogens with zero attached hydrogens (tertiary/aromatic N) is 1. The first-order valence-electron chi connectivity index (χ1n) is 5.81. The van der Waals surface area contributed by atoms with Crippen LogP contribution in [0.3, 0.4) is 0 Å². The number of benzene rings is 1. The standard InChI is InChI=1S/C13H14ClN3OS/c1-15-12(18)6-9-3-2-4-10(5-9)16-7-11-8-17-13(14)19-11/h2-5,8,16H,6-7H2,1H3,(H,15,18). The molecule has 6 heteroatoms. The van der Waals surface area contributed by atoms with E-state index in [0.717, 1.165) is 16.1 Å². The van der Waals surface area contributed by atoms with E-state index in [1.54, 1.807) is 13.2 Å². The van der Waals surface area contributed by atoms with Crippen molar-refractivity contribution in [2.45, 2.75) is 13.0 Å². The number of hydrogen-bond acceptors (Lipinski definition) is 4. The van der Waals surface area contributed by atoms with Crippen LogP contribution in [0.1, 0.15) is 10.4 Å². The molecule has 0 saturated carbocycles. The lowest BCUT2D eigenvalue weighted by atomic mass is 10.1. The number of halogens is 1. The number of rotatable bonds is 5. The number of amides is 1. The summed E-state index contributed by atoms with van der Waals surface area (Å²) in [6, 6.07) is 7.80. The van der Waals surface area contributed by atoms with Gasteiger partial charge in [-0.05, 0) is 17.7 Å². The Hall–Kier alpha value is -1.59. The Morgan fingerprint density at radius 3 is 3.00 bits per heavy atom. The second-order valence-electron chi connectivity index (χ2n) is 3.98. The largest absolute Gasteiger partial charge is 0.380 e. The number of carbonyl (C=O) groups is 1. The van der Waals surface area contributed by atoms with Crippen LogP contribution in [0.15, 0.2) is 30.5 Å². The molecule has 0 atom stereocenters. The molecule has 100 valence electrons. The van der Waals surface area contributed by atoms with Gasteiger partial charge in [0.25, 0.3) is 0 Å². The minimum absolute atomic E-state index is 0.00592. The van der Waals surface area contributed by atoms with E-state index in [1.165, 1.54) is 11.3 Å². The van der Waals surface area contributed by atoms with Gasteiger partial charge in [0.05, 0.1) is 13.0 Å². The van der Waals surface area contributed by atoms with Crippen LogP contribution < -0.4 is 10.6 Å². The molecule has 1 heterocycles. The SMILES string of the molecule is CNC(=O)Cc1cccc(NCc2cnc(Cl)s2)c1. The van der Waals surface area contributed by atoms with Crippen LogP contribution in [0.5, 0.6) is 0 Å². The van der Waals surface area contributed by atoms with Crippen molar-refractivity contribution >= 4 is 34.5 Å². The summed E-state index contributed by atoms with van der Waals surface area (Å²) in [5.74, 6) is 0.00592. The van der Waals surface area contributed by atoms with Crippen LogP contribution in [-0.2, 0) is 17.8 Å². The van der Waals surface area contributed by atoms with Gasteiger partial charge in [-0.3, -0.25) is 4.79 Å². The second-order valence-corrected chi connectivity index (χ2v) is 5.68. The van der Waals surface area contributed by atoms with Crippen molar-refractivity contribution in [3.05, 3.63) is 45.4 Å². The van der Waals surface area contributed by atoms with Crippen LogP contribution >= 0.6 is 22.9 Å². The molecular formula is C13H14ClN3OS. The molecule has 0 spiro atoms. The first kappa shape index (κ1) is 13.8. The predicted molar refractivity (Wildman–Crippen MR) is 78.7 cm³/mol. The van der Waals surface area contributed by atoms with E-state index in [1.807, 2.05) is 24.3 Å². The monoisotopic (exact) mass is 295 g/mol. The topological polar surface area (TPSA) is 54.0 Å². The zero-order valence-corrected chi connectivity index (χ0v) is 12.0. The number of nitrogens with one attached hydrogen (secondary N) is 2. The van der Waals surface area contributed by atoms with Gasteiger partial charge in [-0.25, -0.2) is 4.98 Å². The number of hydrogen-bond donors (Lipinski definition) is 2. The molecular weight excluding hydrogens is 282 g/mol. The first-order chi connectivity index (χ1) is 9.17. The number of anilines is 1. The summed E-state index contributed by atoms with van der Waals surface area (Å²) in [5.41, 5.74) is 1.96. The molecule has 0 unspecified atom stereocenters. The highest BCUT2D eigenvalue weighted by Gasteiger charge is 2.03. The highest BCUT2D eigenvalue weighted by molar-refractivity contribution is 7.15. The number of thiazole rings is 1. The maximum atomic E-state index is 11.3. The van der Waals surface area contributed by atoms with E-state index in [0.29, 0.717) is 17.4 Å². The van der Waals surface area contributed by atoms with E-state index in [2.05, 4.69) is 15.6 Å². The van der Waals surface area contributed by atoms with Gasteiger partial charge in [0, 0.05) is 23.8 Å². The Labute approximate surface area is 120 Å². The Balaban J connectivity index is 1.97. The van der Waals surface area contributed by atoms with Gasteiger partial charge in [-0.2, -0.15) is 0 Å². The predicted octanol–water partition coefficient (Wildman–Crippen LogP) is 2.70. The van der Waals surface area contributed by atoms with Crippen molar-refractivity contribution in [1.82, 2.24) is 10.3 Å². The lowest BCUT2D eigenvalue weighted by Crippen LogP contribution is -2.19. The fourth-order valence-electron chi connectivity index (χ4n) is 1.62. The molecule has 1 amide bonds. The summed E-state index contributed by atoms with van der Waals surface area (Å²) < 4.78 is 0.546. The maximum Gasteiger partial charge on any atom is 0.224 e. The highest BCUT2D eigenvalue weighted by atomic mass is 35.5. The van der Waals surface area contributed by atoms with Gasteiger partial charge in [-0.1, -0.05) is 23.7 Å². The fourth-order valence-corrected chi connectivity index (χ4v) is 2.54. The van der Waals surface area contributed by atoms with Gasteiger partial charge >= 0.3 is 0 Å². The van der Waals surface area contributed by atoms with Crippen molar-refractivity contribution in [3.63, 3.8) is 0 Å². The van der Waals surface area contributed by atoms with Crippen LogP contribution in [0.4, 0.5) is 5.69 Å². The lowest BCUT2D eigenvalue weighted by molar-refractivity contribution is -0.119. The molecule has 0 saturated heterocycles. The molecule has 19 heavy (non-hydrogen) atoms. The summed E-state index contributed by atoms with van der Waals surface area (Å²) >= 11 is 7.23. The Morgan fingerprint density at radius 2 is 2.32 bits per heavy atom. The summed E-state index contributed by atoms with van der Waals surface area (Å²) in [6.07, 6.45) is 2.15. The van der Waals surface area contributed by atoms with Crippen molar-refractivity contribution < 1.29 is 4.79 Å². The van der Waals surface area contributed by atoms with E-state index in [4.69, 9.17) is 11.6 Å². The van der Waals surface area contributed by atoms with E-state index in [-0.39, 0.29) is 5.91 Å². The normalized spacial score (nSPS) is 10.2. The van der Waals surface area contributed by atoms with Crippen LogP contribution in [0.2, 0.25) is 4.47 Å². The number of carbonyl (C=O) groups excluding carboxylic acids is 1. The van der Waals surface area contributed by atoms with Crippen molar-refractivity contribution in [1.29, 1.82) is 0 Å². The molecule has 0 fully saturated rings. The van der Waals surface area contributed by atoms with Crippen LogP contribution in [0.25, 0.3) is 0 Å². The van der Waals surface area contributed by atoms with Crippen molar-refractivity contribution in [2.24, 2.45) is 0 Å². The highest BCUT2D eigenvalue weighted by Crippen LogP contribution is 2.19. The molecule has 0 aliphatic carbocycles. The molecule has 2 rings (SSSR count). The molecule has 0 bridgehead atoms. The quantitative estimate of drug-likeness (QED) is 0.892. The molecule has 0 aliphatic rings. The molecule has 2 N–H and O–H groups in total. The van der Waals surface area contributed by atoms with E-state index < -0.39 is 0 Å². The van der Waals surface area contributed by atoms with Crippen LogP contribution in [-0.4, -0.2) is 17.9 Å².